The highest BCUT2D eigenvalue weighted by atomic mass is 16.1. The Kier molecular flexibility index (Phi) is 1.99. The van der Waals surface area contributed by atoms with Crippen LogP contribution in [0, 0.1) is 5.41 Å². The number of hydrogen-bond acceptors (Lipinski definition) is 2. The molecule has 2 heteroatoms. The summed E-state index contributed by atoms with van der Waals surface area (Å²) in [7, 11) is 0. The zero-order valence-corrected chi connectivity index (χ0v) is 10.8. The lowest BCUT2D eigenvalue weighted by Crippen LogP contribution is -2.31. The number of hydrogen-bond donors (Lipinski definition) is 1. The van der Waals surface area contributed by atoms with Crippen LogP contribution in [0.4, 0.5) is 5.69 Å². The van der Waals surface area contributed by atoms with E-state index in [0.717, 1.165) is 30.6 Å². The van der Waals surface area contributed by atoms with E-state index in [4.69, 9.17) is 0 Å². The largest absolute Gasteiger partial charge is 0.383 e. The quantitative estimate of drug-likeness (QED) is 0.739. The van der Waals surface area contributed by atoms with Crippen LogP contribution < -0.4 is 5.32 Å². The molecule has 1 aliphatic carbocycles. The van der Waals surface area contributed by atoms with Crippen molar-refractivity contribution in [2.24, 2.45) is 5.41 Å². The van der Waals surface area contributed by atoms with E-state index in [1.54, 1.807) is 0 Å². The number of carbonyl (C=O) groups is 1. The Morgan fingerprint density at radius 2 is 1.94 bits per heavy atom. The zero-order chi connectivity index (χ0) is 12.3. The summed E-state index contributed by atoms with van der Waals surface area (Å²) in [5.41, 5.74) is 3.21. The Balaban J connectivity index is 2.08. The first-order chi connectivity index (χ1) is 7.92. The van der Waals surface area contributed by atoms with Crippen molar-refractivity contribution in [1.29, 1.82) is 0 Å². The summed E-state index contributed by atoms with van der Waals surface area (Å²) < 4.78 is 0. The maximum atomic E-state index is 12.4. The molecule has 17 heavy (non-hydrogen) atoms. The van der Waals surface area contributed by atoms with Gasteiger partial charge in [0, 0.05) is 17.8 Å². The molecule has 3 rings (SSSR count). The first-order valence-corrected chi connectivity index (χ1v) is 6.36. The van der Waals surface area contributed by atoms with Gasteiger partial charge in [-0.25, -0.2) is 0 Å². The number of ketones is 1. The lowest BCUT2D eigenvalue weighted by molar-refractivity contribution is 0.0903. The maximum Gasteiger partial charge on any atom is 0.172 e. The van der Waals surface area contributed by atoms with Crippen LogP contribution in [0.5, 0.6) is 0 Å². The number of anilines is 1. The molecular weight excluding hydrogens is 210 g/mol. The summed E-state index contributed by atoms with van der Waals surface area (Å²) in [4.78, 5) is 12.4. The molecule has 0 radical (unpaired) electrons. The van der Waals surface area contributed by atoms with E-state index in [1.165, 1.54) is 5.56 Å². The lowest BCUT2D eigenvalue weighted by atomic mass is 9.82. The van der Waals surface area contributed by atoms with Gasteiger partial charge in [0.15, 0.2) is 5.78 Å². The Morgan fingerprint density at radius 1 is 1.24 bits per heavy atom. The smallest absolute Gasteiger partial charge is 0.172 e. The molecule has 0 atom stereocenters. The molecule has 0 aromatic heterocycles. The van der Waals surface area contributed by atoms with Gasteiger partial charge in [0.1, 0.15) is 0 Å². The summed E-state index contributed by atoms with van der Waals surface area (Å²) in [6.07, 6.45) is 2.11. The average molecular weight is 229 g/mol. The van der Waals surface area contributed by atoms with Crippen LogP contribution in [0.3, 0.4) is 0 Å². The highest BCUT2D eigenvalue weighted by Crippen LogP contribution is 2.51. The molecule has 90 valence electrons. The summed E-state index contributed by atoms with van der Waals surface area (Å²) in [5.74, 6) is 0.359. The van der Waals surface area contributed by atoms with Crippen LogP contribution in [0.2, 0.25) is 0 Å². The second-order valence-electron chi connectivity index (χ2n) is 6.47. The van der Waals surface area contributed by atoms with E-state index in [2.05, 4.69) is 44.3 Å². The maximum absolute atomic E-state index is 12.4. The summed E-state index contributed by atoms with van der Waals surface area (Å²) in [6.45, 7) is 7.38. The monoisotopic (exact) mass is 229 g/mol. The van der Waals surface area contributed by atoms with Gasteiger partial charge in [-0.15, -0.1) is 0 Å². The second kappa shape index (κ2) is 3.12. The topological polar surface area (TPSA) is 29.1 Å². The molecule has 2 aliphatic rings. The molecule has 2 nitrogen and oxygen atoms in total. The van der Waals surface area contributed by atoms with Gasteiger partial charge in [0.25, 0.3) is 0 Å². The van der Waals surface area contributed by atoms with E-state index >= 15 is 0 Å². The van der Waals surface area contributed by atoms with Gasteiger partial charge in [0.05, 0.1) is 5.41 Å². The van der Waals surface area contributed by atoms with Crippen LogP contribution in [-0.2, 0) is 5.41 Å². The average Bonchev–Trinajstić information content (AvgIpc) is 3.04. The molecule has 1 saturated carbocycles. The van der Waals surface area contributed by atoms with Crippen molar-refractivity contribution in [3.63, 3.8) is 0 Å². The van der Waals surface area contributed by atoms with Gasteiger partial charge in [-0.3, -0.25) is 4.79 Å². The van der Waals surface area contributed by atoms with Gasteiger partial charge in [-0.2, -0.15) is 0 Å². The molecule has 0 unspecified atom stereocenters. The predicted molar refractivity (Wildman–Crippen MR) is 69.6 cm³/mol. The highest BCUT2D eigenvalue weighted by molar-refractivity contribution is 6.08. The molecule has 0 saturated heterocycles. The fourth-order valence-corrected chi connectivity index (χ4v) is 2.54. The molecule has 1 spiro atoms. The van der Waals surface area contributed by atoms with Crippen LogP contribution in [0.15, 0.2) is 18.2 Å². The Labute approximate surface area is 102 Å². The fraction of sp³-hybridized carbons (Fsp3) is 0.533. The number of fused-ring (bicyclic) bond motifs is 1. The number of Topliss-reactive ketones (excluding diaryl/α,β-unsaturated/α-hetero) is 1. The molecule has 1 aliphatic heterocycles. The van der Waals surface area contributed by atoms with E-state index in [0.29, 0.717) is 5.78 Å². The van der Waals surface area contributed by atoms with E-state index < -0.39 is 0 Å². The lowest BCUT2D eigenvalue weighted by Gasteiger charge is -2.27. The van der Waals surface area contributed by atoms with Crippen molar-refractivity contribution in [3.8, 4) is 0 Å². The minimum absolute atomic E-state index is 0.0521. The van der Waals surface area contributed by atoms with Crippen LogP contribution in [0.25, 0.3) is 0 Å². The highest BCUT2D eigenvalue weighted by Gasteiger charge is 2.52. The van der Waals surface area contributed by atoms with Gasteiger partial charge in [0.2, 0.25) is 0 Å². The number of carbonyl (C=O) groups excluding carboxylic acids is 1. The normalized spacial score (nSPS) is 21.0. The standard InChI is InChI=1S/C15H19NO/c1-14(2,3)10-4-5-12-11(8-10)13(17)15(6-7-15)9-16-12/h4-5,8,16H,6-7,9H2,1-3H3. The van der Waals surface area contributed by atoms with Crippen molar-refractivity contribution in [2.45, 2.75) is 39.0 Å². The van der Waals surface area contributed by atoms with Crippen molar-refractivity contribution in [1.82, 2.24) is 0 Å². The molecule has 1 fully saturated rings. The summed E-state index contributed by atoms with van der Waals surface area (Å²) in [5, 5.41) is 3.40. The van der Waals surface area contributed by atoms with Crippen LogP contribution >= 0.6 is 0 Å². The first kappa shape index (κ1) is 10.8. The number of nitrogens with one attached hydrogen (secondary N) is 1. The summed E-state index contributed by atoms with van der Waals surface area (Å²) >= 11 is 0. The van der Waals surface area contributed by atoms with Gasteiger partial charge < -0.3 is 5.32 Å². The molecule has 1 aromatic rings. The zero-order valence-electron chi connectivity index (χ0n) is 10.8. The third kappa shape index (κ3) is 1.58. The molecule has 1 aromatic carbocycles. The van der Waals surface area contributed by atoms with Crippen LogP contribution in [0.1, 0.15) is 49.5 Å². The third-order valence-electron chi connectivity index (χ3n) is 4.08. The van der Waals surface area contributed by atoms with Crippen molar-refractivity contribution in [3.05, 3.63) is 29.3 Å². The molecule has 1 N–H and O–H groups in total. The number of rotatable bonds is 0. The molecular formula is C15H19NO. The Hall–Kier alpha value is -1.31. The predicted octanol–water partition coefficient (Wildman–Crippen LogP) is 3.37. The van der Waals surface area contributed by atoms with E-state index in [1.807, 2.05) is 0 Å². The van der Waals surface area contributed by atoms with Gasteiger partial charge in [-0.1, -0.05) is 26.8 Å². The summed E-state index contributed by atoms with van der Waals surface area (Å²) in [6, 6.07) is 6.27. The Bertz CT molecular complexity index is 492. The Morgan fingerprint density at radius 3 is 2.53 bits per heavy atom. The van der Waals surface area contributed by atoms with Crippen molar-refractivity contribution < 1.29 is 4.79 Å². The third-order valence-corrected chi connectivity index (χ3v) is 4.08. The molecule has 1 heterocycles. The molecule has 0 bridgehead atoms. The van der Waals surface area contributed by atoms with Gasteiger partial charge in [-0.05, 0) is 36.0 Å². The van der Waals surface area contributed by atoms with Crippen molar-refractivity contribution in [2.75, 3.05) is 11.9 Å². The van der Waals surface area contributed by atoms with Crippen molar-refractivity contribution >= 4 is 11.5 Å². The van der Waals surface area contributed by atoms with Gasteiger partial charge >= 0.3 is 0 Å². The molecule has 0 amide bonds. The SMILES string of the molecule is CC(C)(C)c1ccc2c(c1)C(=O)C1(CC1)CN2. The first-order valence-electron chi connectivity index (χ1n) is 6.36. The minimum atomic E-state index is -0.0521. The number of benzene rings is 1. The van der Waals surface area contributed by atoms with E-state index in [9.17, 15) is 4.79 Å². The second-order valence-corrected chi connectivity index (χ2v) is 6.47. The van der Waals surface area contributed by atoms with Crippen LogP contribution in [-0.4, -0.2) is 12.3 Å². The van der Waals surface area contributed by atoms with E-state index in [-0.39, 0.29) is 10.8 Å². The minimum Gasteiger partial charge on any atom is -0.383 e. The fourth-order valence-electron chi connectivity index (χ4n) is 2.54.